The van der Waals surface area contributed by atoms with Gasteiger partial charge in [0.1, 0.15) is 12.2 Å². The van der Waals surface area contributed by atoms with Gasteiger partial charge < -0.3 is 14.8 Å². The molecule has 2 N–H and O–H groups in total. The number of hydrogen-bond donors (Lipinski definition) is 2. The lowest BCUT2D eigenvalue weighted by Gasteiger charge is -2.11. The Labute approximate surface area is 175 Å². The molecule has 28 heavy (non-hydrogen) atoms. The van der Waals surface area contributed by atoms with E-state index in [1.54, 1.807) is 13.2 Å². The quantitative estimate of drug-likeness (QED) is 0.253. The van der Waals surface area contributed by atoms with Crippen molar-refractivity contribution in [2.45, 2.75) is 13.3 Å². The molecule has 0 unspecified atom stereocenters. The Bertz CT molecular complexity index is 872. The zero-order valence-electron chi connectivity index (χ0n) is 15.3. The van der Waals surface area contributed by atoms with Gasteiger partial charge in [-0.05, 0) is 71.5 Å². The van der Waals surface area contributed by atoms with Crippen LogP contribution in [0.3, 0.4) is 0 Å². The molecule has 0 atom stereocenters. The van der Waals surface area contributed by atoms with Crippen LogP contribution in [-0.4, -0.2) is 31.7 Å². The summed E-state index contributed by atoms with van der Waals surface area (Å²) in [5.74, 6) is -0.323. The minimum Gasteiger partial charge on any atom is -0.492 e. The number of hydrazone groups is 1. The summed E-state index contributed by atoms with van der Waals surface area (Å²) < 4.78 is 24.5. The normalized spacial score (nSPS) is 10.6. The van der Waals surface area contributed by atoms with E-state index in [2.05, 4.69) is 38.4 Å². The van der Waals surface area contributed by atoms with Gasteiger partial charge in [0, 0.05) is 5.69 Å². The zero-order chi connectivity index (χ0) is 20.5. The smallest absolute Gasteiger partial charge is 0.249 e. The molecule has 2 aromatic carbocycles. The third kappa shape index (κ3) is 6.48. The Morgan fingerprint density at radius 2 is 1.93 bits per heavy atom. The number of nitrogens with zero attached hydrogens (tertiary/aromatic N) is 1. The Balaban J connectivity index is 1.92. The molecule has 0 aliphatic rings. The fourth-order valence-electron chi connectivity index (χ4n) is 2.23. The van der Waals surface area contributed by atoms with Crippen molar-refractivity contribution in [3.8, 4) is 11.5 Å². The molecule has 2 rings (SSSR count). The van der Waals surface area contributed by atoms with Crippen LogP contribution in [0.4, 0.5) is 10.1 Å². The molecule has 0 aliphatic heterocycles. The predicted octanol–water partition coefficient (Wildman–Crippen LogP) is 3.32. The monoisotopic (exact) mass is 499 g/mol. The van der Waals surface area contributed by atoms with Crippen LogP contribution >= 0.6 is 22.6 Å². The number of rotatable bonds is 8. The topological polar surface area (TPSA) is 89.0 Å². The third-order valence-electron chi connectivity index (χ3n) is 3.39. The van der Waals surface area contributed by atoms with Gasteiger partial charge in [0.05, 0.1) is 23.5 Å². The van der Waals surface area contributed by atoms with Crippen molar-refractivity contribution in [1.29, 1.82) is 0 Å². The van der Waals surface area contributed by atoms with Gasteiger partial charge in [-0.3, -0.25) is 9.59 Å². The average molecular weight is 499 g/mol. The van der Waals surface area contributed by atoms with E-state index in [-0.39, 0.29) is 0 Å². The van der Waals surface area contributed by atoms with Crippen molar-refractivity contribution in [3.05, 3.63) is 51.3 Å². The molecule has 0 bridgehead atoms. The molecule has 0 saturated carbocycles. The molecule has 0 aliphatic carbocycles. The molecular weight excluding hydrogens is 480 g/mol. The number of amides is 2. The molecule has 148 valence electrons. The van der Waals surface area contributed by atoms with E-state index < -0.39 is 24.1 Å². The molecule has 9 heteroatoms. The van der Waals surface area contributed by atoms with Crippen LogP contribution in [0.25, 0.3) is 0 Å². The minimum absolute atomic E-state index is 0.402. The Hall–Kier alpha value is -2.69. The number of anilines is 1. The number of carbonyl (C=O) groups excluding carboxylic acids is 2. The molecule has 0 spiro atoms. The number of hydrogen-bond acceptors (Lipinski definition) is 5. The molecular formula is C19H19FIN3O4. The largest absolute Gasteiger partial charge is 0.492 e. The van der Waals surface area contributed by atoms with Crippen LogP contribution in [0.2, 0.25) is 0 Å². The van der Waals surface area contributed by atoms with Crippen molar-refractivity contribution in [2.24, 2.45) is 5.10 Å². The standard InChI is InChI=1S/C19H19FIN3O4/c1-3-28-16-9-12(8-15(21)19(16)27-2)11-22-24-18(26)10-17(25)23-14-6-4-13(20)5-7-14/h4-9,11H,3,10H2,1-2H3,(H,23,25)(H,24,26). The number of halogens is 2. The SMILES string of the molecule is CCOc1cc(C=NNC(=O)CC(=O)Nc2ccc(F)cc2)cc(I)c1OC. The van der Waals surface area contributed by atoms with Gasteiger partial charge in [0.15, 0.2) is 11.5 Å². The maximum atomic E-state index is 12.8. The van der Waals surface area contributed by atoms with Gasteiger partial charge in [-0.25, -0.2) is 9.82 Å². The van der Waals surface area contributed by atoms with Crippen LogP contribution in [0.15, 0.2) is 41.5 Å². The van der Waals surface area contributed by atoms with Crippen LogP contribution in [0, 0.1) is 9.39 Å². The summed E-state index contributed by atoms with van der Waals surface area (Å²) in [6.07, 6.45) is 1.03. The minimum atomic E-state index is -0.580. The second kappa shape index (κ2) is 10.6. The predicted molar refractivity (Wildman–Crippen MR) is 112 cm³/mol. The van der Waals surface area contributed by atoms with Gasteiger partial charge in [0.2, 0.25) is 11.8 Å². The molecule has 0 fully saturated rings. The van der Waals surface area contributed by atoms with E-state index >= 15 is 0 Å². The first-order valence-corrected chi connectivity index (χ1v) is 9.38. The highest BCUT2D eigenvalue weighted by molar-refractivity contribution is 14.1. The van der Waals surface area contributed by atoms with Crippen LogP contribution in [-0.2, 0) is 9.59 Å². The number of benzene rings is 2. The Morgan fingerprint density at radius 3 is 2.57 bits per heavy atom. The molecule has 0 heterocycles. The Kier molecular flexibility index (Phi) is 8.18. The van der Waals surface area contributed by atoms with E-state index in [0.29, 0.717) is 29.4 Å². The number of nitrogens with one attached hydrogen (secondary N) is 2. The summed E-state index contributed by atoms with van der Waals surface area (Å²) in [5.41, 5.74) is 3.39. The van der Waals surface area contributed by atoms with Crippen molar-refractivity contribution < 1.29 is 23.5 Å². The van der Waals surface area contributed by atoms with Gasteiger partial charge in [0.25, 0.3) is 0 Å². The first-order chi connectivity index (χ1) is 13.4. The van der Waals surface area contributed by atoms with Crippen molar-refractivity contribution in [3.63, 3.8) is 0 Å². The fourth-order valence-corrected chi connectivity index (χ4v) is 3.07. The number of methoxy groups -OCH3 is 1. The lowest BCUT2D eigenvalue weighted by Crippen LogP contribution is -2.24. The van der Waals surface area contributed by atoms with Crippen LogP contribution in [0.5, 0.6) is 11.5 Å². The zero-order valence-corrected chi connectivity index (χ0v) is 17.4. The average Bonchev–Trinajstić information content (AvgIpc) is 2.64. The first-order valence-electron chi connectivity index (χ1n) is 8.30. The molecule has 0 saturated heterocycles. The van der Waals surface area contributed by atoms with Gasteiger partial charge in [-0.2, -0.15) is 5.10 Å². The van der Waals surface area contributed by atoms with Crippen LogP contribution in [0.1, 0.15) is 18.9 Å². The second-order valence-electron chi connectivity index (χ2n) is 5.49. The molecule has 2 aromatic rings. The highest BCUT2D eigenvalue weighted by Crippen LogP contribution is 2.33. The number of carbonyl (C=O) groups is 2. The fraction of sp³-hybridized carbons (Fsp3) is 0.211. The van der Waals surface area contributed by atoms with E-state index in [1.807, 2.05) is 13.0 Å². The summed E-state index contributed by atoms with van der Waals surface area (Å²) >= 11 is 2.11. The van der Waals surface area contributed by atoms with E-state index in [1.165, 1.54) is 30.5 Å². The summed E-state index contributed by atoms with van der Waals surface area (Å²) in [6.45, 7) is 2.34. The maximum Gasteiger partial charge on any atom is 0.249 e. The van der Waals surface area contributed by atoms with E-state index in [4.69, 9.17) is 9.47 Å². The molecule has 7 nitrogen and oxygen atoms in total. The lowest BCUT2D eigenvalue weighted by atomic mass is 10.2. The molecule has 2 amide bonds. The summed E-state index contributed by atoms with van der Waals surface area (Å²) in [4.78, 5) is 23.7. The van der Waals surface area contributed by atoms with E-state index in [0.717, 1.165) is 3.57 Å². The van der Waals surface area contributed by atoms with Gasteiger partial charge in [-0.1, -0.05) is 0 Å². The third-order valence-corrected chi connectivity index (χ3v) is 4.19. The van der Waals surface area contributed by atoms with Crippen LogP contribution < -0.4 is 20.2 Å². The summed E-state index contributed by atoms with van der Waals surface area (Å²) in [7, 11) is 1.56. The number of ether oxygens (including phenoxy) is 2. The van der Waals surface area contributed by atoms with Gasteiger partial charge in [-0.15, -0.1) is 0 Å². The van der Waals surface area contributed by atoms with Crippen molar-refractivity contribution in [1.82, 2.24) is 5.43 Å². The molecule has 0 aromatic heterocycles. The highest BCUT2D eigenvalue weighted by Gasteiger charge is 2.11. The van der Waals surface area contributed by atoms with Crippen molar-refractivity contribution in [2.75, 3.05) is 19.0 Å². The Morgan fingerprint density at radius 1 is 1.21 bits per heavy atom. The second-order valence-corrected chi connectivity index (χ2v) is 6.65. The van der Waals surface area contributed by atoms with Gasteiger partial charge >= 0.3 is 0 Å². The molecule has 0 radical (unpaired) electrons. The lowest BCUT2D eigenvalue weighted by molar-refractivity contribution is -0.126. The van der Waals surface area contributed by atoms with E-state index in [9.17, 15) is 14.0 Å². The van der Waals surface area contributed by atoms with Crippen molar-refractivity contribution >= 4 is 46.3 Å². The summed E-state index contributed by atoms with van der Waals surface area (Å²) in [6, 6.07) is 8.80. The first kappa shape index (κ1) is 21.6. The maximum absolute atomic E-state index is 12.8. The summed E-state index contributed by atoms with van der Waals surface area (Å²) in [5, 5.41) is 6.36. The highest BCUT2D eigenvalue weighted by atomic mass is 127.